The molecule has 1 N–H and O–H groups in total. The lowest BCUT2D eigenvalue weighted by molar-refractivity contribution is -0.121. The van der Waals surface area contributed by atoms with Gasteiger partial charge >= 0.3 is 0 Å². The summed E-state index contributed by atoms with van der Waals surface area (Å²) >= 11 is 3.58. The van der Waals surface area contributed by atoms with Crippen molar-refractivity contribution in [3.05, 3.63) is 29.8 Å². The molecule has 104 valence electrons. The van der Waals surface area contributed by atoms with Crippen LogP contribution in [0, 0.1) is 11.8 Å². The van der Waals surface area contributed by atoms with E-state index in [1.165, 1.54) is 12.8 Å². The Morgan fingerprint density at radius 1 is 1.26 bits per heavy atom. The number of halogens is 1. The zero-order chi connectivity index (χ0) is 13.8. The second-order valence-corrected chi connectivity index (χ2v) is 7.02. The van der Waals surface area contributed by atoms with Gasteiger partial charge in [0.05, 0.1) is 0 Å². The van der Waals surface area contributed by atoms with Gasteiger partial charge in [0.1, 0.15) is 0 Å². The summed E-state index contributed by atoms with van der Waals surface area (Å²) in [5.74, 6) is 1.15. The summed E-state index contributed by atoms with van der Waals surface area (Å²) in [7, 11) is 0. The summed E-state index contributed by atoms with van der Waals surface area (Å²) in [5, 5.41) is 3.11. The zero-order valence-corrected chi connectivity index (χ0v) is 13.2. The number of carbonyl (C=O) groups excluding carboxylic acids is 1. The minimum atomic E-state index is 0.188. The van der Waals surface area contributed by atoms with Gasteiger partial charge in [0.2, 0.25) is 5.91 Å². The van der Waals surface area contributed by atoms with Gasteiger partial charge in [-0.15, -0.1) is 0 Å². The molecular weight excluding hydrogens is 302 g/mol. The number of hydrogen-bond acceptors (Lipinski definition) is 1. The number of benzene rings is 1. The van der Waals surface area contributed by atoms with Crippen LogP contribution in [0.3, 0.4) is 0 Å². The summed E-state index contributed by atoms with van der Waals surface area (Å²) in [4.78, 5) is 12.6. The summed E-state index contributed by atoms with van der Waals surface area (Å²) in [6, 6.07) is 8.01. The van der Waals surface area contributed by atoms with E-state index in [-0.39, 0.29) is 16.7 Å². The van der Waals surface area contributed by atoms with Gasteiger partial charge < -0.3 is 5.32 Å². The lowest BCUT2D eigenvalue weighted by Gasteiger charge is -2.25. The van der Waals surface area contributed by atoms with Gasteiger partial charge in [0.25, 0.3) is 0 Å². The molecule has 0 radical (unpaired) electrons. The van der Waals surface area contributed by atoms with Crippen molar-refractivity contribution >= 4 is 27.5 Å². The summed E-state index contributed by atoms with van der Waals surface area (Å²) in [6.45, 7) is 4.35. The zero-order valence-electron chi connectivity index (χ0n) is 11.7. The van der Waals surface area contributed by atoms with Gasteiger partial charge in [-0.2, -0.15) is 0 Å². The highest BCUT2D eigenvalue weighted by molar-refractivity contribution is 9.09. The van der Waals surface area contributed by atoms with Crippen molar-refractivity contribution in [2.24, 2.45) is 11.8 Å². The van der Waals surface area contributed by atoms with Crippen molar-refractivity contribution in [2.45, 2.75) is 44.4 Å². The van der Waals surface area contributed by atoms with Gasteiger partial charge in [-0.1, -0.05) is 41.1 Å². The average Bonchev–Trinajstić information content (AvgIpc) is 2.39. The molecule has 0 heterocycles. The third kappa shape index (κ3) is 3.82. The molecule has 0 aliphatic heterocycles. The molecule has 1 aliphatic rings. The number of amides is 1. The van der Waals surface area contributed by atoms with Crippen LogP contribution in [0.1, 0.15) is 49.9 Å². The van der Waals surface area contributed by atoms with E-state index >= 15 is 0 Å². The number of hydrogen-bond donors (Lipinski definition) is 1. The highest BCUT2D eigenvalue weighted by Crippen LogP contribution is 2.32. The van der Waals surface area contributed by atoms with Crippen LogP contribution in [0.5, 0.6) is 0 Å². The number of alkyl halides is 1. The summed E-state index contributed by atoms with van der Waals surface area (Å²) in [6.07, 6.45) is 4.40. The predicted octanol–water partition coefficient (Wildman–Crippen LogP) is 4.91. The first-order valence-electron chi connectivity index (χ1n) is 7.11. The molecule has 0 bridgehead atoms. The third-order valence-corrected chi connectivity index (χ3v) is 4.53. The molecule has 2 nitrogen and oxygen atoms in total. The van der Waals surface area contributed by atoms with Crippen LogP contribution in [0.4, 0.5) is 5.69 Å². The fourth-order valence-corrected chi connectivity index (χ4v) is 3.11. The van der Waals surface area contributed by atoms with E-state index < -0.39 is 0 Å². The Labute approximate surface area is 124 Å². The molecule has 2 rings (SSSR count). The van der Waals surface area contributed by atoms with Crippen molar-refractivity contribution in [3.8, 4) is 0 Å². The molecule has 1 unspecified atom stereocenters. The normalized spacial score (nSPS) is 24.8. The lowest BCUT2D eigenvalue weighted by Crippen LogP contribution is -2.27. The smallest absolute Gasteiger partial charge is 0.227 e. The maximum Gasteiger partial charge on any atom is 0.227 e. The van der Waals surface area contributed by atoms with Crippen LogP contribution in [0.25, 0.3) is 0 Å². The standard InChI is InChI=1S/C16H22BrNO/c1-11-7-9-13(10-8-11)16(19)18-15-6-4-3-5-14(15)12(2)17/h3-6,11-13H,7-10H2,1-2H3,(H,18,19). The first-order chi connectivity index (χ1) is 9.08. The van der Waals surface area contributed by atoms with Crippen molar-refractivity contribution in [3.63, 3.8) is 0 Å². The molecule has 3 heteroatoms. The van der Waals surface area contributed by atoms with Crippen LogP contribution >= 0.6 is 15.9 Å². The molecule has 1 saturated carbocycles. The van der Waals surface area contributed by atoms with Gasteiger partial charge in [-0.25, -0.2) is 0 Å². The lowest BCUT2D eigenvalue weighted by atomic mass is 9.82. The third-order valence-electron chi connectivity index (χ3n) is 4.03. The molecule has 1 aromatic rings. The van der Waals surface area contributed by atoms with Crippen molar-refractivity contribution in [2.75, 3.05) is 5.32 Å². The number of nitrogens with one attached hydrogen (secondary N) is 1. The Bertz CT molecular complexity index is 436. The Morgan fingerprint density at radius 3 is 2.53 bits per heavy atom. The van der Waals surface area contributed by atoms with Crippen molar-refractivity contribution in [1.29, 1.82) is 0 Å². The maximum atomic E-state index is 12.3. The molecular formula is C16H22BrNO. The Kier molecular flexibility index (Phi) is 5.03. The molecule has 1 aliphatic carbocycles. The molecule has 1 aromatic carbocycles. The SMILES string of the molecule is CC1CCC(C(=O)Nc2ccccc2C(C)Br)CC1. The predicted molar refractivity (Wildman–Crippen MR) is 83.5 cm³/mol. The first kappa shape index (κ1) is 14.6. The fourth-order valence-electron chi connectivity index (χ4n) is 2.71. The number of para-hydroxylation sites is 1. The number of carbonyl (C=O) groups is 1. The molecule has 1 amide bonds. The van der Waals surface area contributed by atoms with Crippen LogP contribution in [0.2, 0.25) is 0 Å². The quantitative estimate of drug-likeness (QED) is 0.787. The van der Waals surface area contributed by atoms with E-state index in [9.17, 15) is 4.79 Å². The average molecular weight is 324 g/mol. The van der Waals surface area contributed by atoms with Gasteiger partial charge in [-0.3, -0.25) is 4.79 Å². The molecule has 19 heavy (non-hydrogen) atoms. The second-order valence-electron chi connectivity index (χ2n) is 5.65. The Hall–Kier alpha value is -0.830. The van der Waals surface area contributed by atoms with E-state index in [0.29, 0.717) is 0 Å². The largest absolute Gasteiger partial charge is 0.326 e. The van der Waals surface area contributed by atoms with E-state index in [1.54, 1.807) is 0 Å². The van der Waals surface area contributed by atoms with Gasteiger partial charge in [-0.05, 0) is 50.2 Å². The maximum absolute atomic E-state index is 12.3. The highest BCUT2D eigenvalue weighted by Gasteiger charge is 2.24. The monoisotopic (exact) mass is 323 g/mol. The minimum Gasteiger partial charge on any atom is -0.326 e. The highest BCUT2D eigenvalue weighted by atomic mass is 79.9. The Balaban J connectivity index is 2.03. The first-order valence-corrected chi connectivity index (χ1v) is 8.03. The van der Waals surface area contributed by atoms with Crippen LogP contribution in [0.15, 0.2) is 24.3 Å². The van der Waals surface area contributed by atoms with Crippen LogP contribution < -0.4 is 5.32 Å². The van der Waals surface area contributed by atoms with Crippen LogP contribution in [-0.2, 0) is 4.79 Å². The van der Waals surface area contributed by atoms with E-state index in [4.69, 9.17) is 0 Å². The van der Waals surface area contributed by atoms with Gasteiger partial charge in [0, 0.05) is 16.4 Å². The van der Waals surface area contributed by atoms with Gasteiger partial charge in [0.15, 0.2) is 0 Å². The molecule has 1 atom stereocenters. The van der Waals surface area contributed by atoms with Crippen molar-refractivity contribution < 1.29 is 4.79 Å². The summed E-state index contributed by atoms with van der Waals surface area (Å²) in [5.41, 5.74) is 2.08. The second kappa shape index (κ2) is 6.56. The molecule has 1 fully saturated rings. The van der Waals surface area contributed by atoms with Crippen molar-refractivity contribution in [1.82, 2.24) is 0 Å². The Morgan fingerprint density at radius 2 is 1.89 bits per heavy atom. The number of anilines is 1. The molecule has 0 saturated heterocycles. The van der Waals surface area contributed by atoms with Crippen LogP contribution in [-0.4, -0.2) is 5.91 Å². The molecule has 0 aromatic heterocycles. The topological polar surface area (TPSA) is 29.1 Å². The minimum absolute atomic E-state index is 0.188. The van der Waals surface area contributed by atoms with E-state index in [2.05, 4.69) is 41.2 Å². The fraction of sp³-hybridized carbons (Fsp3) is 0.562. The van der Waals surface area contributed by atoms with E-state index in [1.807, 2.05) is 18.2 Å². The summed E-state index contributed by atoms with van der Waals surface area (Å²) < 4.78 is 0. The molecule has 0 spiro atoms. The number of rotatable bonds is 3. The van der Waals surface area contributed by atoms with E-state index in [0.717, 1.165) is 30.0 Å².